The molecule has 2 amide bonds. The number of rotatable bonds is 6. The molecule has 0 radical (unpaired) electrons. The largest absolute Gasteiger partial charge is 0.491 e. The van der Waals surface area contributed by atoms with Crippen LogP contribution in [0.15, 0.2) is 42.5 Å². The molecular formula is C21H26N2O2. The summed E-state index contributed by atoms with van der Waals surface area (Å²) in [6, 6.07) is 14.2. The van der Waals surface area contributed by atoms with E-state index in [-0.39, 0.29) is 6.03 Å². The summed E-state index contributed by atoms with van der Waals surface area (Å²) < 4.78 is 5.89. The molecule has 132 valence electrons. The van der Waals surface area contributed by atoms with Gasteiger partial charge >= 0.3 is 6.03 Å². The second kappa shape index (κ2) is 8.56. The third-order valence-electron chi connectivity index (χ3n) is 4.70. The zero-order valence-corrected chi connectivity index (χ0v) is 14.8. The molecule has 3 rings (SSSR count). The number of aryl methyl sites for hydroxylation is 2. The predicted octanol–water partition coefficient (Wildman–Crippen LogP) is 3.75. The molecule has 0 unspecified atom stereocenters. The molecule has 2 aromatic carbocycles. The number of nitrogens with one attached hydrogen (secondary N) is 2. The number of amides is 2. The Kier molecular flexibility index (Phi) is 5.94. The van der Waals surface area contributed by atoms with Crippen LogP contribution in [-0.4, -0.2) is 19.2 Å². The van der Waals surface area contributed by atoms with Crippen LogP contribution in [0.2, 0.25) is 0 Å². The first kappa shape index (κ1) is 17.3. The van der Waals surface area contributed by atoms with Crippen molar-refractivity contribution in [1.82, 2.24) is 10.6 Å². The Hall–Kier alpha value is -2.49. The Morgan fingerprint density at radius 2 is 1.88 bits per heavy atom. The highest BCUT2D eigenvalue weighted by Gasteiger charge is 2.13. The van der Waals surface area contributed by atoms with E-state index in [1.807, 2.05) is 37.3 Å². The van der Waals surface area contributed by atoms with Crippen LogP contribution in [0.3, 0.4) is 0 Å². The molecule has 0 bridgehead atoms. The van der Waals surface area contributed by atoms with Crippen molar-refractivity contribution in [3.05, 3.63) is 64.7 Å². The molecule has 0 saturated carbocycles. The van der Waals surface area contributed by atoms with Crippen molar-refractivity contribution >= 4 is 6.03 Å². The van der Waals surface area contributed by atoms with Crippen LogP contribution in [-0.2, 0) is 19.4 Å². The van der Waals surface area contributed by atoms with Gasteiger partial charge in [-0.2, -0.15) is 0 Å². The van der Waals surface area contributed by atoms with E-state index >= 15 is 0 Å². The van der Waals surface area contributed by atoms with Gasteiger partial charge in [0, 0.05) is 6.54 Å². The highest BCUT2D eigenvalue weighted by molar-refractivity contribution is 5.73. The third-order valence-corrected chi connectivity index (χ3v) is 4.70. The summed E-state index contributed by atoms with van der Waals surface area (Å²) >= 11 is 0. The maximum Gasteiger partial charge on any atom is 0.315 e. The lowest BCUT2D eigenvalue weighted by atomic mass is 9.91. The first-order chi connectivity index (χ1) is 12.2. The van der Waals surface area contributed by atoms with E-state index in [4.69, 9.17) is 4.74 Å². The summed E-state index contributed by atoms with van der Waals surface area (Å²) in [7, 11) is 0. The Morgan fingerprint density at radius 1 is 1.04 bits per heavy atom. The molecule has 0 saturated heterocycles. The van der Waals surface area contributed by atoms with Crippen LogP contribution >= 0.6 is 0 Å². The summed E-state index contributed by atoms with van der Waals surface area (Å²) in [6.07, 6.45) is 4.73. The SMILES string of the molecule is Cc1ccccc1CNC(=O)NCCOc1cccc2c1CCCC2. The van der Waals surface area contributed by atoms with Gasteiger partial charge in [-0.1, -0.05) is 36.4 Å². The van der Waals surface area contributed by atoms with E-state index < -0.39 is 0 Å². The van der Waals surface area contributed by atoms with Gasteiger partial charge in [-0.05, 0) is 60.9 Å². The average molecular weight is 338 g/mol. The van der Waals surface area contributed by atoms with Gasteiger partial charge in [-0.3, -0.25) is 0 Å². The number of urea groups is 1. The summed E-state index contributed by atoms with van der Waals surface area (Å²) in [5.74, 6) is 0.972. The Morgan fingerprint density at radius 3 is 2.76 bits per heavy atom. The van der Waals surface area contributed by atoms with Crippen molar-refractivity contribution in [2.45, 2.75) is 39.2 Å². The molecular weight excluding hydrogens is 312 g/mol. The van der Waals surface area contributed by atoms with Crippen molar-refractivity contribution in [3.8, 4) is 5.75 Å². The first-order valence-corrected chi connectivity index (χ1v) is 9.04. The second-order valence-electron chi connectivity index (χ2n) is 6.49. The molecule has 0 aromatic heterocycles. The fourth-order valence-electron chi connectivity index (χ4n) is 3.25. The fourth-order valence-corrected chi connectivity index (χ4v) is 3.25. The van der Waals surface area contributed by atoms with Crippen molar-refractivity contribution < 1.29 is 9.53 Å². The molecule has 0 atom stereocenters. The molecule has 0 aliphatic heterocycles. The van der Waals surface area contributed by atoms with Gasteiger partial charge in [0.15, 0.2) is 0 Å². The van der Waals surface area contributed by atoms with Gasteiger partial charge in [0.25, 0.3) is 0 Å². The van der Waals surface area contributed by atoms with Gasteiger partial charge in [0.1, 0.15) is 12.4 Å². The molecule has 0 fully saturated rings. The van der Waals surface area contributed by atoms with Gasteiger partial charge in [0.05, 0.1) is 6.54 Å². The zero-order valence-electron chi connectivity index (χ0n) is 14.8. The fraction of sp³-hybridized carbons (Fsp3) is 0.381. The quantitative estimate of drug-likeness (QED) is 0.788. The second-order valence-corrected chi connectivity index (χ2v) is 6.49. The lowest BCUT2D eigenvalue weighted by Gasteiger charge is -2.19. The topological polar surface area (TPSA) is 50.4 Å². The smallest absolute Gasteiger partial charge is 0.315 e. The molecule has 0 heterocycles. The van der Waals surface area contributed by atoms with Crippen molar-refractivity contribution in [2.24, 2.45) is 0 Å². The minimum atomic E-state index is -0.165. The summed E-state index contributed by atoms with van der Waals surface area (Å²) in [5.41, 5.74) is 5.07. The highest BCUT2D eigenvalue weighted by Crippen LogP contribution is 2.29. The highest BCUT2D eigenvalue weighted by atomic mass is 16.5. The predicted molar refractivity (Wildman–Crippen MR) is 100.0 cm³/mol. The normalized spacial score (nSPS) is 13.0. The molecule has 1 aliphatic carbocycles. The van der Waals surface area contributed by atoms with Crippen LogP contribution in [0.4, 0.5) is 4.79 Å². The van der Waals surface area contributed by atoms with Gasteiger partial charge in [-0.15, -0.1) is 0 Å². The summed E-state index contributed by atoms with van der Waals surface area (Å²) in [6.45, 7) is 3.55. The number of ether oxygens (including phenoxy) is 1. The van der Waals surface area contributed by atoms with E-state index in [1.165, 1.54) is 29.5 Å². The minimum Gasteiger partial charge on any atom is -0.491 e. The number of carbonyl (C=O) groups is 1. The van der Waals surface area contributed by atoms with Crippen LogP contribution in [0.5, 0.6) is 5.75 Å². The van der Waals surface area contributed by atoms with E-state index in [9.17, 15) is 4.79 Å². The number of benzene rings is 2. The molecule has 0 spiro atoms. The van der Waals surface area contributed by atoms with Crippen LogP contribution in [0.1, 0.15) is 35.1 Å². The number of hydrogen-bond donors (Lipinski definition) is 2. The monoisotopic (exact) mass is 338 g/mol. The lowest BCUT2D eigenvalue weighted by molar-refractivity contribution is 0.236. The number of fused-ring (bicyclic) bond motifs is 1. The molecule has 25 heavy (non-hydrogen) atoms. The third kappa shape index (κ3) is 4.75. The van der Waals surface area contributed by atoms with E-state index in [1.54, 1.807) is 0 Å². The molecule has 4 heteroatoms. The molecule has 4 nitrogen and oxygen atoms in total. The standard InChI is InChI=1S/C21H26N2O2/c1-16-7-2-3-9-18(16)15-23-21(24)22-13-14-25-20-12-6-10-17-8-4-5-11-19(17)20/h2-3,6-7,9-10,12H,4-5,8,11,13-15H2,1H3,(H2,22,23,24). The van der Waals surface area contributed by atoms with E-state index in [0.717, 1.165) is 24.2 Å². The van der Waals surface area contributed by atoms with Crippen LogP contribution < -0.4 is 15.4 Å². The maximum absolute atomic E-state index is 11.9. The molecule has 2 aromatic rings. The van der Waals surface area contributed by atoms with Crippen molar-refractivity contribution in [1.29, 1.82) is 0 Å². The number of carbonyl (C=O) groups excluding carboxylic acids is 1. The summed E-state index contributed by atoms with van der Waals surface area (Å²) in [4.78, 5) is 11.9. The minimum absolute atomic E-state index is 0.165. The number of hydrogen-bond acceptors (Lipinski definition) is 2. The van der Waals surface area contributed by atoms with E-state index in [0.29, 0.717) is 19.7 Å². The average Bonchev–Trinajstić information content (AvgIpc) is 2.64. The zero-order chi connectivity index (χ0) is 17.5. The summed E-state index contributed by atoms with van der Waals surface area (Å²) in [5, 5.41) is 5.73. The Balaban J connectivity index is 1.40. The Bertz CT molecular complexity index is 728. The van der Waals surface area contributed by atoms with Crippen molar-refractivity contribution in [2.75, 3.05) is 13.2 Å². The molecule has 2 N–H and O–H groups in total. The van der Waals surface area contributed by atoms with Gasteiger partial charge in [-0.25, -0.2) is 4.79 Å². The maximum atomic E-state index is 11.9. The molecule has 1 aliphatic rings. The van der Waals surface area contributed by atoms with Crippen LogP contribution in [0.25, 0.3) is 0 Å². The van der Waals surface area contributed by atoms with Crippen molar-refractivity contribution in [3.63, 3.8) is 0 Å². The van der Waals surface area contributed by atoms with Gasteiger partial charge < -0.3 is 15.4 Å². The van der Waals surface area contributed by atoms with Gasteiger partial charge in [0.2, 0.25) is 0 Å². The first-order valence-electron chi connectivity index (χ1n) is 9.04. The lowest BCUT2D eigenvalue weighted by Crippen LogP contribution is -2.37. The Labute approximate surface area is 149 Å². The van der Waals surface area contributed by atoms with Crippen LogP contribution in [0, 0.1) is 6.92 Å². The van der Waals surface area contributed by atoms with E-state index in [2.05, 4.69) is 22.8 Å².